The Morgan fingerprint density at radius 1 is 1.43 bits per heavy atom. The molecule has 1 aliphatic rings. The molecule has 2 rings (SSSR count). The zero-order valence-electron chi connectivity index (χ0n) is 7.84. The highest BCUT2D eigenvalue weighted by Crippen LogP contribution is 2.13. The maximum atomic E-state index is 5.72. The first kappa shape index (κ1) is 13.6. The van der Waals surface area contributed by atoms with Crippen molar-refractivity contribution in [2.24, 2.45) is 5.73 Å². The molecule has 2 heterocycles. The van der Waals surface area contributed by atoms with E-state index in [4.69, 9.17) is 10.5 Å². The van der Waals surface area contributed by atoms with E-state index in [1.54, 1.807) is 0 Å². The highest BCUT2D eigenvalue weighted by atomic mass is 35.5. The van der Waals surface area contributed by atoms with Crippen molar-refractivity contribution < 1.29 is 4.74 Å². The molecule has 0 aliphatic carbocycles. The highest BCUT2D eigenvalue weighted by Gasteiger charge is 2.17. The van der Waals surface area contributed by atoms with Crippen molar-refractivity contribution >= 4 is 24.8 Å². The molecule has 5 nitrogen and oxygen atoms in total. The summed E-state index contributed by atoms with van der Waals surface area (Å²) in [5.41, 5.74) is 5.72. The predicted octanol–water partition coefficient (Wildman–Crippen LogP) is 0.672. The highest BCUT2D eigenvalue weighted by molar-refractivity contribution is 5.85. The Balaban J connectivity index is 0.000000845. The van der Waals surface area contributed by atoms with Gasteiger partial charge < -0.3 is 15.0 Å². The van der Waals surface area contributed by atoms with Crippen LogP contribution in [0, 0.1) is 0 Å². The lowest BCUT2D eigenvalue weighted by atomic mass is 10.3. The van der Waals surface area contributed by atoms with Gasteiger partial charge in [0.2, 0.25) is 0 Å². The van der Waals surface area contributed by atoms with Crippen molar-refractivity contribution in [2.75, 3.05) is 6.61 Å². The quantitative estimate of drug-likeness (QED) is 0.784. The predicted molar refractivity (Wildman–Crippen MR) is 56.8 cm³/mol. The number of hydrogen-bond acceptors (Lipinski definition) is 4. The summed E-state index contributed by atoms with van der Waals surface area (Å²) in [4.78, 5) is 0. The van der Waals surface area contributed by atoms with E-state index in [1.165, 1.54) is 0 Å². The summed E-state index contributed by atoms with van der Waals surface area (Å²) in [7, 11) is 0. The minimum absolute atomic E-state index is 0. The number of ether oxygens (including phenoxy) is 1. The van der Waals surface area contributed by atoms with Gasteiger partial charge in [-0.05, 0) is 6.92 Å². The number of nitrogens with two attached hydrogens (primary N) is 1. The number of nitrogens with zero attached hydrogens (tertiary/aromatic N) is 3. The van der Waals surface area contributed by atoms with Crippen LogP contribution in [0.25, 0.3) is 0 Å². The average molecular weight is 241 g/mol. The molecular weight excluding hydrogens is 227 g/mol. The topological polar surface area (TPSA) is 66.0 Å². The molecule has 0 spiro atoms. The molecule has 2 N–H and O–H groups in total. The maximum absolute atomic E-state index is 5.72. The summed E-state index contributed by atoms with van der Waals surface area (Å²) in [6.45, 7) is 4.01. The number of aromatic nitrogens is 3. The maximum Gasteiger partial charge on any atom is 0.159 e. The Kier molecular flexibility index (Phi) is 5.36. The van der Waals surface area contributed by atoms with E-state index in [-0.39, 0.29) is 30.9 Å². The summed E-state index contributed by atoms with van der Waals surface area (Å²) in [5, 5.41) is 7.99. The first-order valence-electron chi connectivity index (χ1n) is 4.04. The summed E-state index contributed by atoms with van der Waals surface area (Å²) < 4.78 is 7.26. The second-order valence-electron chi connectivity index (χ2n) is 2.97. The zero-order valence-corrected chi connectivity index (χ0v) is 9.48. The molecule has 1 aliphatic heterocycles. The van der Waals surface area contributed by atoms with Gasteiger partial charge in [0, 0.05) is 6.54 Å². The van der Waals surface area contributed by atoms with E-state index in [9.17, 15) is 0 Å². The Labute approximate surface area is 94.8 Å². The fraction of sp³-hybridized carbons (Fsp3) is 0.714. The van der Waals surface area contributed by atoms with Gasteiger partial charge in [-0.2, -0.15) is 0 Å². The SMILES string of the molecule is CC(N)c1nnc2n1CCOC2.Cl.Cl. The van der Waals surface area contributed by atoms with Gasteiger partial charge in [0.05, 0.1) is 12.6 Å². The van der Waals surface area contributed by atoms with E-state index in [2.05, 4.69) is 10.2 Å². The second kappa shape index (κ2) is 5.50. The summed E-state index contributed by atoms with van der Waals surface area (Å²) in [6.07, 6.45) is 0. The third-order valence-electron chi connectivity index (χ3n) is 1.95. The van der Waals surface area contributed by atoms with Gasteiger partial charge in [0.15, 0.2) is 5.82 Å². The third kappa shape index (κ3) is 2.36. The van der Waals surface area contributed by atoms with Gasteiger partial charge in [-0.25, -0.2) is 0 Å². The Bertz CT molecular complexity index is 289. The zero-order chi connectivity index (χ0) is 8.55. The summed E-state index contributed by atoms with van der Waals surface area (Å²) in [5.74, 6) is 1.74. The van der Waals surface area contributed by atoms with E-state index in [1.807, 2.05) is 11.5 Å². The molecule has 0 saturated carbocycles. The molecule has 0 amide bonds. The smallest absolute Gasteiger partial charge is 0.159 e. The van der Waals surface area contributed by atoms with Gasteiger partial charge in [-0.15, -0.1) is 35.0 Å². The molecule has 0 radical (unpaired) electrons. The minimum Gasteiger partial charge on any atom is -0.372 e. The van der Waals surface area contributed by atoms with E-state index >= 15 is 0 Å². The van der Waals surface area contributed by atoms with Crippen molar-refractivity contribution in [1.82, 2.24) is 14.8 Å². The van der Waals surface area contributed by atoms with Gasteiger partial charge in [0.1, 0.15) is 12.4 Å². The van der Waals surface area contributed by atoms with E-state index in [0.717, 1.165) is 24.8 Å². The molecule has 14 heavy (non-hydrogen) atoms. The molecule has 0 bridgehead atoms. The fourth-order valence-corrected chi connectivity index (χ4v) is 1.36. The van der Waals surface area contributed by atoms with E-state index in [0.29, 0.717) is 6.61 Å². The van der Waals surface area contributed by atoms with Crippen LogP contribution in [0.1, 0.15) is 24.6 Å². The Morgan fingerprint density at radius 2 is 2.14 bits per heavy atom. The molecule has 0 aromatic carbocycles. The lowest BCUT2D eigenvalue weighted by molar-refractivity contribution is 0.0803. The number of rotatable bonds is 1. The molecule has 1 unspecified atom stereocenters. The van der Waals surface area contributed by atoms with Crippen molar-refractivity contribution in [1.29, 1.82) is 0 Å². The van der Waals surface area contributed by atoms with Crippen LogP contribution >= 0.6 is 24.8 Å². The van der Waals surface area contributed by atoms with Crippen molar-refractivity contribution in [2.45, 2.75) is 26.1 Å². The van der Waals surface area contributed by atoms with Crippen molar-refractivity contribution in [3.8, 4) is 0 Å². The summed E-state index contributed by atoms with van der Waals surface area (Å²) >= 11 is 0. The first-order chi connectivity index (χ1) is 5.79. The second-order valence-corrected chi connectivity index (χ2v) is 2.97. The third-order valence-corrected chi connectivity index (χ3v) is 1.95. The standard InChI is InChI=1S/C7H12N4O.2ClH/c1-5(8)7-10-9-6-4-12-3-2-11(6)7;;/h5H,2-4,8H2,1H3;2*1H. The largest absolute Gasteiger partial charge is 0.372 e. The fourth-order valence-electron chi connectivity index (χ4n) is 1.36. The van der Waals surface area contributed by atoms with Crippen LogP contribution in [0.2, 0.25) is 0 Å². The lowest BCUT2D eigenvalue weighted by Crippen LogP contribution is -2.21. The Hall–Kier alpha value is -0.360. The van der Waals surface area contributed by atoms with Crippen molar-refractivity contribution in [3.05, 3.63) is 11.6 Å². The van der Waals surface area contributed by atoms with Crippen LogP contribution in [-0.2, 0) is 17.9 Å². The van der Waals surface area contributed by atoms with Crippen LogP contribution in [0.3, 0.4) is 0 Å². The van der Waals surface area contributed by atoms with Crippen LogP contribution in [0.5, 0.6) is 0 Å². The molecule has 7 heteroatoms. The molecule has 1 atom stereocenters. The van der Waals surface area contributed by atoms with Crippen molar-refractivity contribution in [3.63, 3.8) is 0 Å². The van der Waals surface area contributed by atoms with Crippen LogP contribution < -0.4 is 5.73 Å². The molecule has 1 aromatic heterocycles. The van der Waals surface area contributed by atoms with Crippen LogP contribution in [-0.4, -0.2) is 21.4 Å². The number of hydrogen-bond donors (Lipinski definition) is 1. The first-order valence-corrected chi connectivity index (χ1v) is 4.04. The van der Waals surface area contributed by atoms with Gasteiger partial charge in [-0.1, -0.05) is 0 Å². The molecule has 0 saturated heterocycles. The van der Waals surface area contributed by atoms with Gasteiger partial charge >= 0.3 is 0 Å². The summed E-state index contributed by atoms with van der Waals surface area (Å²) in [6, 6.07) is -0.0515. The van der Waals surface area contributed by atoms with E-state index < -0.39 is 0 Å². The molecule has 82 valence electrons. The monoisotopic (exact) mass is 240 g/mol. The number of fused-ring (bicyclic) bond motifs is 1. The normalized spacial score (nSPS) is 16.1. The van der Waals surface area contributed by atoms with Gasteiger partial charge in [-0.3, -0.25) is 0 Å². The Morgan fingerprint density at radius 3 is 2.79 bits per heavy atom. The van der Waals surface area contributed by atoms with Crippen LogP contribution in [0.4, 0.5) is 0 Å². The lowest BCUT2D eigenvalue weighted by Gasteiger charge is -2.16. The average Bonchev–Trinajstić information content (AvgIpc) is 2.47. The minimum atomic E-state index is -0.0515. The number of halogens is 2. The molecular formula is C7H14Cl2N4O. The van der Waals surface area contributed by atoms with Gasteiger partial charge in [0.25, 0.3) is 0 Å². The molecule has 0 fully saturated rings. The van der Waals surface area contributed by atoms with Crippen LogP contribution in [0.15, 0.2) is 0 Å². The molecule has 1 aromatic rings.